The zero-order chi connectivity index (χ0) is 10.0. The zero-order valence-electron chi connectivity index (χ0n) is 7.64. The molecule has 0 fully saturated rings. The third-order valence-corrected chi connectivity index (χ3v) is 2.28. The Bertz CT molecular complexity index is 313. The molecule has 0 saturated carbocycles. The van der Waals surface area contributed by atoms with E-state index in [9.17, 15) is 4.39 Å². The molecule has 0 radical (unpaired) electrons. The highest BCUT2D eigenvalue weighted by molar-refractivity contribution is 9.10. The van der Waals surface area contributed by atoms with E-state index in [1.807, 2.05) is 25.1 Å². The molecule has 0 atom stereocenters. The van der Waals surface area contributed by atoms with E-state index in [1.165, 1.54) is 6.07 Å². The Morgan fingerprint density at radius 3 is 2.54 bits per heavy atom. The fourth-order valence-electron chi connectivity index (χ4n) is 1.19. The lowest BCUT2D eigenvalue weighted by Crippen LogP contribution is -2.14. The fourth-order valence-corrected chi connectivity index (χ4v) is 1.61. The average Bonchev–Trinajstić information content (AvgIpc) is 2.02. The maximum Gasteiger partial charge on any atom is 0.130 e. The van der Waals surface area contributed by atoms with Crippen LogP contribution in [0.5, 0.6) is 0 Å². The fraction of sp³-hybridized carbons (Fsp3) is 0.333. The molecule has 2 N–H and O–H groups in total. The van der Waals surface area contributed by atoms with Gasteiger partial charge in [0, 0.05) is 36.4 Å². The minimum Gasteiger partial charge on any atom is -0.377 e. The SMILES string of the molecule is CN(C)c1cc(Br)cc(F)c1CN. The molecule has 0 heterocycles. The van der Waals surface area contributed by atoms with Crippen LogP contribution in [0.1, 0.15) is 5.56 Å². The maximum atomic E-state index is 13.3. The summed E-state index contributed by atoms with van der Waals surface area (Å²) in [5.41, 5.74) is 6.82. The molecule has 1 aromatic carbocycles. The Labute approximate surface area is 85.7 Å². The quantitative estimate of drug-likeness (QED) is 0.867. The van der Waals surface area contributed by atoms with Crippen molar-refractivity contribution < 1.29 is 4.39 Å². The third-order valence-electron chi connectivity index (χ3n) is 1.82. The second kappa shape index (κ2) is 4.07. The summed E-state index contributed by atoms with van der Waals surface area (Å²) in [6, 6.07) is 3.28. The first-order valence-corrected chi connectivity index (χ1v) is 4.71. The summed E-state index contributed by atoms with van der Waals surface area (Å²) in [7, 11) is 3.72. The lowest BCUT2D eigenvalue weighted by molar-refractivity contribution is 0.609. The van der Waals surface area contributed by atoms with Crippen LogP contribution in [0.4, 0.5) is 10.1 Å². The molecule has 4 heteroatoms. The number of anilines is 1. The van der Waals surface area contributed by atoms with Crippen LogP contribution in [-0.2, 0) is 6.54 Å². The van der Waals surface area contributed by atoms with E-state index in [4.69, 9.17) is 5.73 Å². The molecule has 0 spiro atoms. The number of nitrogens with two attached hydrogens (primary N) is 1. The van der Waals surface area contributed by atoms with Crippen molar-refractivity contribution in [3.8, 4) is 0 Å². The Morgan fingerprint density at radius 2 is 2.08 bits per heavy atom. The van der Waals surface area contributed by atoms with E-state index >= 15 is 0 Å². The van der Waals surface area contributed by atoms with Gasteiger partial charge in [-0.3, -0.25) is 0 Å². The molecular weight excluding hydrogens is 235 g/mol. The predicted octanol–water partition coefficient (Wildman–Crippen LogP) is 2.11. The van der Waals surface area contributed by atoms with Crippen molar-refractivity contribution in [3.05, 3.63) is 28.0 Å². The van der Waals surface area contributed by atoms with Gasteiger partial charge in [0.25, 0.3) is 0 Å². The molecule has 0 aliphatic carbocycles. The lowest BCUT2D eigenvalue weighted by Gasteiger charge is -2.17. The van der Waals surface area contributed by atoms with Crippen LogP contribution >= 0.6 is 15.9 Å². The third kappa shape index (κ3) is 2.19. The van der Waals surface area contributed by atoms with Crippen LogP contribution in [-0.4, -0.2) is 14.1 Å². The van der Waals surface area contributed by atoms with Crippen molar-refractivity contribution in [2.24, 2.45) is 5.73 Å². The Kier molecular flexibility index (Phi) is 3.27. The zero-order valence-corrected chi connectivity index (χ0v) is 9.23. The molecule has 1 rings (SSSR count). The van der Waals surface area contributed by atoms with Crippen LogP contribution in [0.15, 0.2) is 16.6 Å². The highest BCUT2D eigenvalue weighted by atomic mass is 79.9. The molecule has 0 bridgehead atoms. The van der Waals surface area contributed by atoms with Crippen molar-refractivity contribution >= 4 is 21.6 Å². The van der Waals surface area contributed by atoms with Crippen LogP contribution in [0.25, 0.3) is 0 Å². The van der Waals surface area contributed by atoms with Gasteiger partial charge in [-0.25, -0.2) is 4.39 Å². The number of rotatable bonds is 2. The summed E-state index contributed by atoms with van der Waals surface area (Å²) in [6.07, 6.45) is 0. The van der Waals surface area contributed by atoms with E-state index in [0.717, 1.165) is 10.2 Å². The summed E-state index contributed by atoms with van der Waals surface area (Å²) < 4.78 is 14.1. The second-order valence-corrected chi connectivity index (χ2v) is 3.90. The summed E-state index contributed by atoms with van der Waals surface area (Å²) in [5, 5.41) is 0. The standard InChI is InChI=1S/C9H12BrFN2/c1-13(2)9-4-6(10)3-8(11)7(9)5-12/h3-4H,5,12H2,1-2H3. The van der Waals surface area contributed by atoms with Crippen molar-refractivity contribution in [2.75, 3.05) is 19.0 Å². The van der Waals surface area contributed by atoms with E-state index in [-0.39, 0.29) is 12.4 Å². The molecule has 0 unspecified atom stereocenters. The van der Waals surface area contributed by atoms with Gasteiger partial charge in [-0.15, -0.1) is 0 Å². The first kappa shape index (κ1) is 10.5. The molecule has 0 aliphatic rings. The van der Waals surface area contributed by atoms with E-state index in [2.05, 4.69) is 15.9 Å². The number of halogens is 2. The topological polar surface area (TPSA) is 29.3 Å². The molecular formula is C9H12BrFN2. The number of nitrogens with zero attached hydrogens (tertiary/aromatic N) is 1. The lowest BCUT2D eigenvalue weighted by atomic mass is 10.1. The second-order valence-electron chi connectivity index (χ2n) is 2.98. The minimum atomic E-state index is -0.263. The molecule has 0 aliphatic heterocycles. The van der Waals surface area contributed by atoms with Crippen LogP contribution < -0.4 is 10.6 Å². The molecule has 0 saturated heterocycles. The number of benzene rings is 1. The Balaban J connectivity index is 3.29. The molecule has 13 heavy (non-hydrogen) atoms. The van der Waals surface area contributed by atoms with E-state index in [1.54, 1.807) is 0 Å². The average molecular weight is 247 g/mol. The van der Waals surface area contributed by atoms with Gasteiger partial charge in [0.05, 0.1) is 0 Å². The summed E-state index contributed by atoms with van der Waals surface area (Å²) in [6.45, 7) is 0.215. The van der Waals surface area contributed by atoms with Crippen molar-refractivity contribution in [1.82, 2.24) is 0 Å². The van der Waals surface area contributed by atoms with E-state index < -0.39 is 0 Å². The van der Waals surface area contributed by atoms with Crippen LogP contribution in [0.3, 0.4) is 0 Å². The molecule has 0 aromatic heterocycles. The van der Waals surface area contributed by atoms with Crippen molar-refractivity contribution in [1.29, 1.82) is 0 Å². The van der Waals surface area contributed by atoms with Gasteiger partial charge in [0.2, 0.25) is 0 Å². The monoisotopic (exact) mass is 246 g/mol. The van der Waals surface area contributed by atoms with Crippen molar-refractivity contribution in [3.63, 3.8) is 0 Å². The van der Waals surface area contributed by atoms with Gasteiger partial charge < -0.3 is 10.6 Å². The Morgan fingerprint density at radius 1 is 1.46 bits per heavy atom. The van der Waals surface area contributed by atoms with Gasteiger partial charge in [-0.1, -0.05) is 15.9 Å². The first-order valence-electron chi connectivity index (χ1n) is 3.91. The molecule has 72 valence electrons. The van der Waals surface area contributed by atoms with Gasteiger partial charge in [-0.05, 0) is 12.1 Å². The maximum absolute atomic E-state index is 13.3. The van der Waals surface area contributed by atoms with Gasteiger partial charge in [-0.2, -0.15) is 0 Å². The van der Waals surface area contributed by atoms with Crippen molar-refractivity contribution in [2.45, 2.75) is 6.54 Å². The minimum absolute atomic E-state index is 0.215. The van der Waals surface area contributed by atoms with Gasteiger partial charge in [0.1, 0.15) is 5.82 Å². The molecule has 2 nitrogen and oxygen atoms in total. The molecule has 0 amide bonds. The summed E-state index contributed by atoms with van der Waals surface area (Å²) in [5.74, 6) is -0.263. The normalized spacial score (nSPS) is 10.2. The van der Waals surface area contributed by atoms with E-state index in [0.29, 0.717) is 5.56 Å². The smallest absolute Gasteiger partial charge is 0.130 e. The highest BCUT2D eigenvalue weighted by Gasteiger charge is 2.09. The first-order chi connectivity index (χ1) is 6.06. The van der Waals surface area contributed by atoms with Gasteiger partial charge >= 0.3 is 0 Å². The number of hydrogen-bond donors (Lipinski definition) is 1. The van der Waals surface area contributed by atoms with Gasteiger partial charge in [0.15, 0.2) is 0 Å². The van der Waals surface area contributed by atoms with Crippen LogP contribution in [0, 0.1) is 5.82 Å². The Hall–Kier alpha value is -0.610. The number of hydrogen-bond acceptors (Lipinski definition) is 2. The highest BCUT2D eigenvalue weighted by Crippen LogP contribution is 2.26. The molecule has 1 aromatic rings. The summed E-state index contributed by atoms with van der Waals surface area (Å²) >= 11 is 3.24. The predicted molar refractivity (Wildman–Crippen MR) is 56.3 cm³/mol. The largest absolute Gasteiger partial charge is 0.377 e. The van der Waals surface area contributed by atoms with Crippen LogP contribution in [0.2, 0.25) is 0 Å². The summed E-state index contributed by atoms with van der Waals surface area (Å²) in [4.78, 5) is 1.84.